The minimum Gasteiger partial charge on any atom is -0.376 e. The predicted molar refractivity (Wildman–Crippen MR) is 72.8 cm³/mol. The van der Waals surface area contributed by atoms with Gasteiger partial charge in [-0.2, -0.15) is 0 Å². The maximum atomic E-state index is 6.00. The minimum absolute atomic E-state index is 0.154. The first-order valence-electron chi connectivity index (χ1n) is 6.74. The van der Waals surface area contributed by atoms with E-state index < -0.39 is 0 Å². The predicted octanol–water partition coefficient (Wildman–Crippen LogP) is 2.45. The molecule has 0 spiro atoms. The highest BCUT2D eigenvalue weighted by Crippen LogP contribution is 2.22. The zero-order valence-electron chi connectivity index (χ0n) is 11.5. The Morgan fingerprint density at radius 1 is 1.33 bits per heavy atom. The Kier molecular flexibility index (Phi) is 4.75. The number of benzene rings is 1. The molecule has 1 N–H and O–H groups in total. The molecule has 1 saturated heterocycles. The quantitative estimate of drug-likeness (QED) is 0.840. The Morgan fingerprint density at radius 2 is 2.00 bits per heavy atom. The van der Waals surface area contributed by atoms with Crippen LogP contribution < -0.4 is 5.32 Å². The van der Waals surface area contributed by atoms with Crippen molar-refractivity contribution in [3.05, 3.63) is 35.4 Å². The Balaban J connectivity index is 2.03. The van der Waals surface area contributed by atoms with E-state index in [0.717, 1.165) is 19.8 Å². The van der Waals surface area contributed by atoms with Crippen LogP contribution >= 0.6 is 0 Å². The fourth-order valence-electron chi connectivity index (χ4n) is 2.22. The molecule has 2 atom stereocenters. The zero-order valence-corrected chi connectivity index (χ0v) is 11.5. The molecule has 0 bridgehead atoms. The molecule has 1 aromatic rings. The molecule has 18 heavy (non-hydrogen) atoms. The van der Waals surface area contributed by atoms with E-state index in [1.54, 1.807) is 0 Å². The second-order valence-corrected chi connectivity index (χ2v) is 4.95. The first kappa shape index (κ1) is 13.5. The summed E-state index contributed by atoms with van der Waals surface area (Å²) in [5.74, 6) is 0. The maximum Gasteiger partial charge on any atom is 0.105 e. The molecule has 0 aliphatic carbocycles. The Hall–Kier alpha value is -0.900. The number of ether oxygens (including phenoxy) is 2. The lowest BCUT2D eigenvalue weighted by atomic mass is 10.0. The average molecular weight is 249 g/mol. The molecule has 1 heterocycles. The van der Waals surface area contributed by atoms with Crippen molar-refractivity contribution in [2.24, 2.45) is 0 Å². The summed E-state index contributed by atoms with van der Waals surface area (Å²) in [6.45, 7) is 8.77. The number of hydrogen-bond donors (Lipinski definition) is 1. The second kappa shape index (κ2) is 6.32. The largest absolute Gasteiger partial charge is 0.376 e. The molecule has 2 unspecified atom stereocenters. The van der Waals surface area contributed by atoms with Crippen molar-refractivity contribution in [3.8, 4) is 0 Å². The van der Waals surface area contributed by atoms with Crippen LogP contribution in [0.15, 0.2) is 24.3 Å². The van der Waals surface area contributed by atoms with E-state index >= 15 is 0 Å². The lowest BCUT2D eigenvalue weighted by molar-refractivity contribution is -0.156. The Bertz CT molecular complexity index is 359. The van der Waals surface area contributed by atoms with Gasteiger partial charge >= 0.3 is 0 Å². The van der Waals surface area contributed by atoms with Gasteiger partial charge in [0.1, 0.15) is 6.10 Å². The van der Waals surface area contributed by atoms with Crippen molar-refractivity contribution in [3.63, 3.8) is 0 Å². The summed E-state index contributed by atoms with van der Waals surface area (Å²) in [5.41, 5.74) is 2.57. The molecule has 0 aromatic heterocycles. The van der Waals surface area contributed by atoms with Crippen molar-refractivity contribution < 1.29 is 9.47 Å². The van der Waals surface area contributed by atoms with E-state index in [4.69, 9.17) is 9.47 Å². The number of rotatable bonds is 6. The highest BCUT2D eigenvalue weighted by atomic mass is 16.6. The molecule has 0 saturated carbocycles. The van der Waals surface area contributed by atoms with Gasteiger partial charge in [0.25, 0.3) is 0 Å². The monoisotopic (exact) mass is 249 g/mol. The van der Waals surface area contributed by atoms with Gasteiger partial charge in [-0.3, -0.25) is 0 Å². The van der Waals surface area contributed by atoms with Crippen LogP contribution in [0.25, 0.3) is 0 Å². The fourth-order valence-corrected chi connectivity index (χ4v) is 2.22. The van der Waals surface area contributed by atoms with Gasteiger partial charge in [0.15, 0.2) is 0 Å². The topological polar surface area (TPSA) is 30.5 Å². The lowest BCUT2D eigenvalue weighted by Crippen LogP contribution is -2.42. The molecule has 1 aliphatic heterocycles. The van der Waals surface area contributed by atoms with Gasteiger partial charge in [-0.1, -0.05) is 36.8 Å². The first-order chi connectivity index (χ1) is 8.70. The van der Waals surface area contributed by atoms with Gasteiger partial charge in [0.05, 0.1) is 25.4 Å². The lowest BCUT2D eigenvalue weighted by Gasteiger charge is -2.33. The molecule has 100 valence electrons. The van der Waals surface area contributed by atoms with Gasteiger partial charge in [-0.05, 0) is 26.0 Å². The first-order valence-corrected chi connectivity index (χ1v) is 6.74. The number of likely N-dealkylation sites (N-methyl/N-ethyl adjacent to an activating group) is 1. The molecule has 0 amide bonds. The Morgan fingerprint density at radius 3 is 2.50 bits per heavy atom. The molecule has 1 aromatic carbocycles. The van der Waals surface area contributed by atoms with Crippen LogP contribution in [0.1, 0.15) is 31.0 Å². The molecule has 3 heteroatoms. The molecular weight excluding hydrogens is 226 g/mol. The Labute approximate surface area is 109 Å². The third-order valence-corrected chi connectivity index (χ3v) is 3.34. The van der Waals surface area contributed by atoms with Gasteiger partial charge in [-0.25, -0.2) is 0 Å². The molecule has 1 fully saturated rings. The SMILES string of the molecule is CCNC(c1ccc(C)cc1)C(C)OC1COC1. The van der Waals surface area contributed by atoms with E-state index in [1.807, 2.05) is 0 Å². The van der Waals surface area contributed by atoms with Gasteiger partial charge in [0.2, 0.25) is 0 Å². The van der Waals surface area contributed by atoms with Crippen LogP contribution in [0.3, 0.4) is 0 Å². The minimum atomic E-state index is 0.154. The van der Waals surface area contributed by atoms with Crippen molar-refractivity contribution in [1.29, 1.82) is 0 Å². The summed E-state index contributed by atoms with van der Waals surface area (Å²) < 4.78 is 11.1. The van der Waals surface area contributed by atoms with Gasteiger partial charge in [0, 0.05) is 0 Å². The summed E-state index contributed by atoms with van der Waals surface area (Å²) in [7, 11) is 0. The third kappa shape index (κ3) is 3.31. The summed E-state index contributed by atoms with van der Waals surface area (Å²) in [4.78, 5) is 0. The van der Waals surface area contributed by atoms with E-state index in [9.17, 15) is 0 Å². The van der Waals surface area contributed by atoms with Crippen LogP contribution in [-0.4, -0.2) is 32.0 Å². The highest BCUT2D eigenvalue weighted by molar-refractivity contribution is 5.24. The van der Waals surface area contributed by atoms with Crippen LogP contribution in [0.2, 0.25) is 0 Å². The molecule has 1 aliphatic rings. The fraction of sp³-hybridized carbons (Fsp3) is 0.600. The van der Waals surface area contributed by atoms with E-state index in [2.05, 4.69) is 50.4 Å². The van der Waals surface area contributed by atoms with Crippen molar-refractivity contribution in [1.82, 2.24) is 5.32 Å². The van der Waals surface area contributed by atoms with E-state index in [-0.39, 0.29) is 18.2 Å². The smallest absolute Gasteiger partial charge is 0.105 e. The van der Waals surface area contributed by atoms with Crippen LogP contribution in [0, 0.1) is 6.92 Å². The summed E-state index contributed by atoms with van der Waals surface area (Å²) in [6.07, 6.45) is 0.424. The van der Waals surface area contributed by atoms with E-state index in [1.165, 1.54) is 11.1 Å². The van der Waals surface area contributed by atoms with Crippen LogP contribution in [0.5, 0.6) is 0 Å². The second-order valence-electron chi connectivity index (χ2n) is 4.95. The molecule has 3 nitrogen and oxygen atoms in total. The molecule has 0 radical (unpaired) electrons. The summed E-state index contributed by atoms with van der Waals surface area (Å²) in [5, 5.41) is 3.51. The van der Waals surface area contributed by atoms with Gasteiger partial charge < -0.3 is 14.8 Å². The van der Waals surface area contributed by atoms with Crippen molar-refractivity contribution in [2.75, 3.05) is 19.8 Å². The van der Waals surface area contributed by atoms with E-state index in [0.29, 0.717) is 0 Å². The number of aryl methyl sites for hydroxylation is 1. The maximum absolute atomic E-state index is 6.00. The van der Waals surface area contributed by atoms with Crippen LogP contribution in [0.4, 0.5) is 0 Å². The van der Waals surface area contributed by atoms with Crippen molar-refractivity contribution in [2.45, 2.75) is 39.0 Å². The molecular formula is C15H23NO2. The summed E-state index contributed by atoms with van der Waals surface area (Å²) >= 11 is 0. The third-order valence-electron chi connectivity index (χ3n) is 3.34. The molecule has 2 rings (SSSR count). The average Bonchev–Trinajstić information content (AvgIpc) is 2.32. The normalized spacial score (nSPS) is 19.3. The standard InChI is InChI=1S/C15H23NO2/c1-4-16-15(12(3)18-14-9-17-10-14)13-7-5-11(2)6-8-13/h5-8,12,14-16H,4,9-10H2,1-3H3. The number of nitrogens with one attached hydrogen (secondary N) is 1. The highest BCUT2D eigenvalue weighted by Gasteiger charge is 2.26. The van der Waals surface area contributed by atoms with Gasteiger partial charge in [-0.15, -0.1) is 0 Å². The summed E-state index contributed by atoms with van der Waals surface area (Å²) in [6, 6.07) is 8.91. The number of hydrogen-bond acceptors (Lipinski definition) is 3. The van der Waals surface area contributed by atoms with Crippen LogP contribution in [-0.2, 0) is 9.47 Å². The van der Waals surface area contributed by atoms with Crippen molar-refractivity contribution >= 4 is 0 Å². The zero-order chi connectivity index (χ0) is 13.0.